The second kappa shape index (κ2) is 70.6. The predicted octanol–water partition coefficient (Wildman–Crippen LogP) is 24.6. The molecule has 1 unspecified atom stereocenters. The topological polar surface area (TPSA) is 78.9 Å². The first-order valence-corrected chi connectivity index (χ1v) is 35.4. The fourth-order valence-corrected chi connectivity index (χ4v) is 10.1. The van der Waals surface area contributed by atoms with Crippen molar-refractivity contribution in [3.63, 3.8) is 0 Å². The lowest BCUT2D eigenvalue weighted by molar-refractivity contribution is -0.167. The van der Waals surface area contributed by atoms with Crippen LogP contribution in [0.15, 0.2) is 109 Å². The van der Waals surface area contributed by atoms with E-state index in [1.807, 2.05) is 0 Å². The van der Waals surface area contributed by atoms with Crippen LogP contribution in [0, 0.1) is 0 Å². The van der Waals surface area contributed by atoms with Crippen molar-refractivity contribution >= 4 is 17.9 Å². The minimum atomic E-state index is -0.781. The number of unbranched alkanes of at least 4 members (excludes halogenated alkanes) is 35. The molecule has 0 aliphatic carbocycles. The van der Waals surface area contributed by atoms with E-state index in [1.54, 1.807) is 0 Å². The Morgan fingerprint density at radius 1 is 0.253 bits per heavy atom. The number of carbonyl (C=O) groups is 3. The van der Waals surface area contributed by atoms with Gasteiger partial charge in [-0.3, -0.25) is 14.4 Å². The lowest BCUT2D eigenvalue weighted by atomic mass is 10.0. The number of allylic oxidation sites excluding steroid dienone is 18. The van der Waals surface area contributed by atoms with Crippen molar-refractivity contribution in [1.29, 1.82) is 0 Å². The summed E-state index contributed by atoms with van der Waals surface area (Å²) in [4.78, 5) is 38.4. The molecule has 0 radical (unpaired) electrons. The van der Waals surface area contributed by atoms with E-state index in [0.717, 1.165) is 122 Å². The van der Waals surface area contributed by atoms with E-state index >= 15 is 0 Å². The van der Waals surface area contributed by atoms with E-state index in [-0.39, 0.29) is 31.1 Å². The molecule has 1 atom stereocenters. The van der Waals surface area contributed by atoms with E-state index in [1.165, 1.54) is 180 Å². The molecule has 0 bridgehead atoms. The third kappa shape index (κ3) is 68.7. The van der Waals surface area contributed by atoms with Gasteiger partial charge in [-0.15, -0.1) is 0 Å². The smallest absolute Gasteiger partial charge is 0.306 e. The highest BCUT2D eigenvalue weighted by molar-refractivity contribution is 5.71. The van der Waals surface area contributed by atoms with Gasteiger partial charge in [0.05, 0.1) is 0 Å². The number of rotatable bonds is 64. The number of esters is 3. The molecule has 0 saturated heterocycles. The Kier molecular flexibility index (Phi) is 67.2. The van der Waals surface area contributed by atoms with Crippen LogP contribution in [0.25, 0.3) is 0 Å². The minimum Gasteiger partial charge on any atom is -0.462 e. The number of carbonyl (C=O) groups excluding carboxylic acids is 3. The van der Waals surface area contributed by atoms with Crippen LogP contribution in [-0.2, 0) is 28.6 Å². The molecule has 0 aromatic rings. The van der Waals surface area contributed by atoms with E-state index in [0.29, 0.717) is 19.3 Å². The van der Waals surface area contributed by atoms with Crippen LogP contribution >= 0.6 is 0 Å². The summed E-state index contributed by atoms with van der Waals surface area (Å²) in [6.45, 7) is 6.44. The maximum absolute atomic E-state index is 12.9. The van der Waals surface area contributed by atoms with E-state index in [4.69, 9.17) is 14.2 Å². The van der Waals surface area contributed by atoms with Crippen molar-refractivity contribution < 1.29 is 28.6 Å². The normalized spacial score (nSPS) is 12.8. The Hall–Kier alpha value is -3.93. The molecule has 0 aromatic carbocycles. The molecule has 0 N–H and O–H groups in total. The van der Waals surface area contributed by atoms with Gasteiger partial charge in [-0.2, -0.15) is 0 Å². The first kappa shape index (κ1) is 79.1. The maximum atomic E-state index is 12.9. The van der Waals surface area contributed by atoms with Gasteiger partial charge in [-0.1, -0.05) is 329 Å². The lowest BCUT2D eigenvalue weighted by Crippen LogP contribution is -2.30. The molecule has 0 saturated carbocycles. The fraction of sp³-hybridized carbons (Fsp3) is 0.727. The van der Waals surface area contributed by atoms with E-state index in [2.05, 4.69) is 130 Å². The summed E-state index contributed by atoms with van der Waals surface area (Å²) in [5.41, 5.74) is 0. The van der Waals surface area contributed by atoms with Gasteiger partial charge >= 0.3 is 17.9 Å². The average molecular weight is 1150 g/mol. The summed E-state index contributed by atoms with van der Waals surface area (Å²) in [7, 11) is 0. The Morgan fingerprint density at radius 2 is 0.470 bits per heavy atom. The Morgan fingerprint density at radius 3 is 0.735 bits per heavy atom. The minimum absolute atomic E-state index is 0.0769. The van der Waals surface area contributed by atoms with E-state index < -0.39 is 6.10 Å². The van der Waals surface area contributed by atoms with Gasteiger partial charge in [0, 0.05) is 19.3 Å². The van der Waals surface area contributed by atoms with Crippen LogP contribution < -0.4 is 0 Å². The summed E-state index contributed by atoms with van der Waals surface area (Å²) in [6, 6.07) is 0. The molecule has 0 heterocycles. The molecule has 0 amide bonds. The average Bonchev–Trinajstić information content (AvgIpc) is 3.48. The number of hydrogen-bond acceptors (Lipinski definition) is 6. The summed E-state index contributed by atoms with van der Waals surface area (Å²) >= 11 is 0. The molecule has 0 spiro atoms. The molecule has 0 rings (SSSR count). The number of hydrogen-bond donors (Lipinski definition) is 0. The largest absolute Gasteiger partial charge is 0.462 e. The van der Waals surface area contributed by atoms with Crippen LogP contribution in [0.3, 0.4) is 0 Å². The zero-order valence-electron chi connectivity index (χ0n) is 54.7. The summed E-state index contributed by atoms with van der Waals surface area (Å²) in [6.07, 6.45) is 96.9. The molecule has 6 nitrogen and oxygen atoms in total. The number of ether oxygens (including phenoxy) is 3. The van der Waals surface area contributed by atoms with Crippen molar-refractivity contribution in [1.82, 2.24) is 0 Å². The predicted molar refractivity (Wildman–Crippen MR) is 362 cm³/mol. The van der Waals surface area contributed by atoms with Crippen LogP contribution in [0.2, 0.25) is 0 Å². The summed E-state index contributed by atoms with van der Waals surface area (Å²) < 4.78 is 17.0. The van der Waals surface area contributed by atoms with Crippen molar-refractivity contribution in [2.24, 2.45) is 0 Å². The monoisotopic (exact) mass is 1150 g/mol. The van der Waals surface area contributed by atoms with Crippen LogP contribution in [-0.4, -0.2) is 37.2 Å². The fourth-order valence-electron chi connectivity index (χ4n) is 10.1. The molecular weight excluding hydrogens is 1020 g/mol. The second-order valence-corrected chi connectivity index (χ2v) is 23.4. The third-order valence-corrected chi connectivity index (χ3v) is 15.3. The molecule has 83 heavy (non-hydrogen) atoms. The SMILES string of the molecule is CC/C=C\C/C=C\C/C=C\C/C=C\C/C=C\CCCCCCCCCCCCCCCCCCCC(=O)OCC(COC(=O)CCCCCCCCCCCCC)OC(=O)CCCCCCCCCC/C=C\C/C=C\C/C=C\C/C=C\CC. The van der Waals surface area contributed by atoms with Gasteiger partial charge in [0.1, 0.15) is 13.2 Å². The van der Waals surface area contributed by atoms with Gasteiger partial charge < -0.3 is 14.2 Å². The molecule has 476 valence electrons. The van der Waals surface area contributed by atoms with Crippen molar-refractivity contribution in [2.75, 3.05) is 13.2 Å². The molecule has 0 fully saturated rings. The van der Waals surface area contributed by atoms with Gasteiger partial charge in [0.2, 0.25) is 0 Å². The quantitative estimate of drug-likeness (QED) is 0.0261. The van der Waals surface area contributed by atoms with Crippen molar-refractivity contribution in [3.8, 4) is 0 Å². The zero-order valence-corrected chi connectivity index (χ0v) is 54.7. The van der Waals surface area contributed by atoms with Gasteiger partial charge in [-0.05, 0) is 103 Å². The van der Waals surface area contributed by atoms with E-state index in [9.17, 15) is 14.4 Å². The standard InChI is InChI=1S/C77H132O6/c1-4-7-10-13-16-19-22-24-26-28-30-32-33-34-35-36-37-38-39-40-41-42-43-45-46-48-50-52-55-58-61-64-67-70-76(79)82-73-74(72-81-75(78)69-66-63-60-57-54-21-18-15-12-9-6-3)83-77(80)71-68-65-62-59-56-53-51-49-47-44-31-29-27-25-23-20-17-14-11-8-5-2/h7-8,10-11,16-17,19-20,24-27,30-32,34-35,44,74H,4-6,9,12-15,18,21-23,28-29,33,36-43,45-73H2,1-3H3/b10-7-,11-8-,19-16-,20-17-,26-24-,27-25-,32-30-,35-34-,44-31-. The van der Waals surface area contributed by atoms with Gasteiger partial charge in [-0.25, -0.2) is 0 Å². The molecular formula is C77H132O6. The second-order valence-electron chi connectivity index (χ2n) is 23.4. The Balaban J connectivity index is 4.17. The highest BCUT2D eigenvalue weighted by atomic mass is 16.6. The third-order valence-electron chi connectivity index (χ3n) is 15.3. The molecule has 6 heteroatoms. The highest BCUT2D eigenvalue weighted by Crippen LogP contribution is 2.17. The van der Waals surface area contributed by atoms with Gasteiger partial charge in [0.25, 0.3) is 0 Å². The Bertz CT molecular complexity index is 1660. The van der Waals surface area contributed by atoms with Crippen molar-refractivity contribution in [3.05, 3.63) is 109 Å². The van der Waals surface area contributed by atoms with Crippen LogP contribution in [0.5, 0.6) is 0 Å². The maximum Gasteiger partial charge on any atom is 0.306 e. The highest BCUT2D eigenvalue weighted by Gasteiger charge is 2.19. The molecule has 0 aromatic heterocycles. The van der Waals surface area contributed by atoms with Crippen LogP contribution in [0.1, 0.15) is 342 Å². The first-order valence-electron chi connectivity index (χ1n) is 35.4. The Labute approximate surface area is 514 Å². The lowest BCUT2D eigenvalue weighted by Gasteiger charge is -2.18. The molecule has 0 aliphatic rings. The molecule has 0 aliphatic heterocycles. The van der Waals surface area contributed by atoms with Crippen molar-refractivity contribution in [2.45, 2.75) is 348 Å². The summed E-state index contributed by atoms with van der Waals surface area (Å²) in [5.74, 6) is -0.870. The van der Waals surface area contributed by atoms with Gasteiger partial charge in [0.15, 0.2) is 6.10 Å². The summed E-state index contributed by atoms with van der Waals surface area (Å²) in [5, 5.41) is 0. The first-order chi connectivity index (χ1) is 41.0. The zero-order chi connectivity index (χ0) is 59.9. The van der Waals surface area contributed by atoms with Crippen LogP contribution in [0.4, 0.5) is 0 Å².